The van der Waals surface area contributed by atoms with Crippen molar-refractivity contribution in [2.75, 3.05) is 6.16 Å². The van der Waals surface area contributed by atoms with Gasteiger partial charge in [-0.05, 0) is 24.4 Å². The maximum absolute atomic E-state index is 10.1. The van der Waals surface area contributed by atoms with E-state index in [9.17, 15) is 4.79 Å². The van der Waals surface area contributed by atoms with Gasteiger partial charge >= 0.3 is 0 Å². The number of aldehydes is 1. The lowest BCUT2D eigenvalue weighted by Gasteiger charge is -2.27. The van der Waals surface area contributed by atoms with Crippen molar-refractivity contribution in [1.29, 1.82) is 0 Å². The van der Waals surface area contributed by atoms with Gasteiger partial charge in [0.05, 0.1) is 0 Å². The summed E-state index contributed by atoms with van der Waals surface area (Å²) in [5.74, 6) is 0. The number of carbonyl (C=O) groups excluding carboxylic acids is 1. The van der Waals surface area contributed by atoms with Gasteiger partial charge in [0.15, 0.2) is 5.59 Å². The minimum atomic E-state index is -1.54. The minimum Gasteiger partial charge on any atom is -0.360 e. The van der Waals surface area contributed by atoms with Gasteiger partial charge in [0, 0.05) is 6.42 Å². The van der Waals surface area contributed by atoms with Crippen molar-refractivity contribution in [3.63, 3.8) is 0 Å². The average Bonchev–Trinajstić information content (AvgIpc) is 2.00. The average molecular weight is 220 g/mol. The molecule has 0 aromatic carbocycles. The van der Waals surface area contributed by atoms with Crippen molar-refractivity contribution in [3.8, 4) is 0 Å². The molecule has 0 spiro atoms. The maximum Gasteiger partial charge on any atom is 0.182 e. The summed E-state index contributed by atoms with van der Waals surface area (Å²) < 4.78 is 0. The summed E-state index contributed by atoms with van der Waals surface area (Å²) in [5.41, 5.74) is 9.13. The van der Waals surface area contributed by atoms with E-state index in [1.807, 2.05) is 0 Å². The van der Waals surface area contributed by atoms with Crippen LogP contribution in [0.1, 0.15) is 33.1 Å². The van der Waals surface area contributed by atoms with Crippen LogP contribution in [0.3, 0.4) is 0 Å². The van der Waals surface area contributed by atoms with Gasteiger partial charge in [0.1, 0.15) is 6.29 Å². The highest BCUT2D eigenvalue weighted by Crippen LogP contribution is 2.33. The van der Waals surface area contributed by atoms with Crippen molar-refractivity contribution in [1.82, 2.24) is 0 Å². The van der Waals surface area contributed by atoms with Gasteiger partial charge in [-0.15, -0.1) is 0 Å². The number of hydrogen-bond donors (Lipinski definition) is 3. The third-order valence-corrected chi connectivity index (χ3v) is 3.73. The molecule has 0 aromatic heterocycles. The van der Waals surface area contributed by atoms with Crippen LogP contribution < -0.4 is 11.5 Å². The maximum atomic E-state index is 10.1. The molecule has 0 amide bonds. The topological polar surface area (TPSA) is 89.3 Å². The lowest BCUT2D eigenvalue weighted by Crippen LogP contribution is -2.45. The van der Waals surface area contributed by atoms with Gasteiger partial charge in [0.2, 0.25) is 0 Å². The summed E-state index contributed by atoms with van der Waals surface area (Å²) in [4.78, 5) is 10.1. The SMILES string of the molecule is CC(C)(CCCC=O)CPC(N)(N)O. The quantitative estimate of drug-likeness (QED) is 0.253. The Labute approximate surface area is 87.2 Å². The highest BCUT2D eigenvalue weighted by atomic mass is 31.1. The standard InChI is InChI=1S/C9H21N2O2P/c1-8(2,5-3-4-6-12)7-14-9(10,11)13/h6,13-14H,3-5,7,10-11H2,1-2H3. The zero-order valence-corrected chi connectivity index (χ0v) is 9.92. The molecule has 0 heterocycles. The Morgan fingerprint density at radius 1 is 1.43 bits per heavy atom. The van der Waals surface area contributed by atoms with Gasteiger partial charge < -0.3 is 9.90 Å². The predicted octanol–water partition coefficient (Wildman–Crippen LogP) is 0.581. The van der Waals surface area contributed by atoms with Gasteiger partial charge in [-0.1, -0.05) is 22.4 Å². The Morgan fingerprint density at radius 3 is 2.43 bits per heavy atom. The molecule has 14 heavy (non-hydrogen) atoms. The lowest BCUT2D eigenvalue weighted by molar-refractivity contribution is -0.108. The van der Waals surface area contributed by atoms with E-state index in [0.717, 1.165) is 25.3 Å². The molecule has 0 bridgehead atoms. The van der Waals surface area contributed by atoms with E-state index in [-0.39, 0.29) is 14.0 Å². The molecule has 0 aliphatic rings. The Balaban J connectivity index is 3.77. The van der Waals surface area contributed by atoms with E-state index in [2.05, 4.69) is 13.8 Å². The highest BCUT2D eigenvalue weighted by Gasteiger charge is 2.22. The number of carbonyl (C=O) groups is 1. The van der Waals surface area contributed by atoms with Crippen molar-refractivity contribution in [2.24, 2.45) is 16.9 Å². The molecule has 0 aliphatic carbocycles. The molecular formula is C9H21N2O2P. The van der Waals surface area contributed by atoms with Crippen molar-refractivity contribution in [2.45, 2.75) is 38.7 Å². The van der Waals surface area contributed by atoms with Crippen LogP contribution in [0.15, 0.2) is 0 Å². The third kappa shape index (κ3) is 8.57. The molecule has 0 aliphatic heterocycles. The summed E-state index contributed by atoms with van der Waals surface area (Å²) >= 11 is 0. The van der Waals surface area contributed by atoms with Gasteiger partial charge in [-0.3, -0.25) is 11.5 Å². The molecule has 5 N–H and O–H groups in total. The Morgan fingerprint density at radius 2 is 2.00 bits per heavy atom. The second-order valence-corrected chi connectivity index (χ2v) is 5.91. The Kier molecular flexibility index (Phi) is 5.75. The Bertz CT molecular complexity index is 178. The molecule has 0 saturated carbocycles. The van der Waals surface area contributed by atoms with Gasteiger partial charge in [0.25, 0.3) is 0 Å². The van der Waals surface area contributed by atoms with Crippen LogP contribution in [0, 0.1) is 5.41 Å². The van der Waals surface area contributed by atoms with Crippen LogP contribution in [0.5, 0.6) is 0 Å². The third-order valence-electron chi connectivity index (χ3n) is 2.03. The monoisotopic (exact) mass is 220 g/mol. The van der Waals surface area contributed by atoms with Crippen LogP contribution in [0.25, 0.3) is 0 Å². The number of hydrogen-bond acceptors (Lipinski definition) is 4. The molecule has 0 saturated heterocycles. The molecule has 4 nitrogen and oxygen atoms in total. The largest absolute Gasteiger partial charge is 0.360 e. The fourth-order valence-electron chi connectivity index (χ4n) is 1.13. The fourth-order valence-corrected chi connectivity index (χ4v) is 2.07. The number of unbranched alkanes of at least 4 members (excludes halogenated alkanes) is 1. The fraction of sp³-hybridized carbons (Fsp3) is 0.889. The van der Waals surface area contributed by atoms with Crippen LogP contribution in [0.4, 0.5) is 0 Å². The molecule has 0 rings (SSSR count). The lowest BCUT2D eigenvalue weighted by atomic mass is 9.90. The van der Waals surface area contributed by atoms with Crippen LogP contribution in [-0.2, 0) is 4.79 Å². The van der Waals surface area contributed by atoms with Gasteiger partial charge in [-0.2, -0.15) is 0 Å². The molecule has 84 valence electrons. The second-order valence-electron chi connectivity index (χ2n) is 4.40. The molecule has 1 unspecified atom stereocenters. The number of nitrogens with two attached hydrogens (primary N) is 2. The second kappa shape index (κ2) is 5.76. The predicted molar refractivity (Wildman–Crippen MR) is 60.2 cm³/mol. The van der Waals surface area contributed by atoms with E-state index in [1.165, 1.54) is 0 Å². The van der Waals surface area contributed by atoms with Crippen molar-refractivity contribution < 1.29 is 9.90 Å². The first kappa shape index (κ1) is 14.0. The smallest absolute Gasteiger partial charge is 0.182 e. The first-order valence-corrected chi connectivity index (χ1v) is 5.96. The molecule has 5 heteroatoms. The molecule has 0 radical (unpaired) electrons. The summed E-state index contributed by atoms with van der Waals surface area (Å²) in [7, 11) is 0.128. The number of aliphatic hydroxyl groups is 1. The summed E-state index contributed by atoms with van der Waals surface area (Å²) in [6.45, 7) is 4.19. The van der Waals surface area contributed by atoms with Gasteiger partial charge in [-0.25, -0.2) is 0 Å². The summed E-state index contributed by atoms with van der Waals surface area (Å²) in [6.07, 6.45) is 4.15. The van der Waals surface area contributed by atoms with E-state index in [1.54, 1.807) is 0 Å². The summed E-state index contributed by atoms with van der Waals surface area (Å²) in [6, 6.07) is 0. The number of rotatable bonds is 7. The van der Waals surface area contributed by atoms with Crippen molar-refractivity contribution in [3.05, 3.63) is 0 Å². The molecular weight excluding hydrogens is 199 g/mol. The minimum absolute atomic E-state index is 0.0914. The van der Waals surface area contributed by atoms with Crippen molar-refractivity contribution >= 4 is 14.9 Å². The summed E-state index contributed by atoms with van der Waals surface area (Å²) in [5, 5.41) is 9.16. The zero-order chi connectivity index (χ0) is 11.2. The zero-order valence-electron chi connectivity index (χ0n) is 8.92. The highest BCUT2D eigenvalue weighted by molar-refractivity contribution is 7.39. The molecule has 0 fully saturated rings. The van der Waals surface area contributed by atoms with Crippen LogP contribution in [-0.4, -0.2) is 23.1 Å². The van der Waals surface area contributed by atoms with E-state index < -0.39 is 5.59 Å². The van der Waals surface area contributed by atoms with E-state index in [4.69, 9.17) is 16.6 Å². The molecule has 0 aromatic rings. The first-order chi connectivity index (χ1) is 6.27. The normalized spacial score (nSPS) is 13.8. The van der Waals surface area contributed by atoms with E-state index in [0.29, 0.717) is 6.42 Å². The van der Waals surface area contributed by atoms with E-state index >= 15 is 0 Å². The van der Waals surface area contributed by atoms with Crippen LogP contribution >= 0.6 is 8.58 Å². The molecule has 1 atom stereocenters. The Hall–Kier alpha value is -0.0200. The first-order valence-electron chi connectivity index (χ1n) is 4.76. The van der Waals surface area contributed by atoms with Crippen LogP contribution in [0.2, 0.25) is 0 Å².